The van der Waals surface area contributed by atoms with Gasteiger partial charge in [-0.1, -0.05) is 18.2 Å². The smallest absolute Gasteiger partial charge is 0.307 e. The second-order valence-electron chi connectivity index (χ2n) is 4.70. The Morgan fingerprint density at radius 2 is 2.18 bits per heavy atom. The van der Waals surface area contributed by atoms with Gasteiger partial charge in [0, 0.05) is 6.04 Å². The van der Waals surface area contributed by atoms with Crippen molar-refractivity contribution in [2.24, 2.45) is 5.73 Å². The number of aryl methyl sites for hydroxylation is 2. The van der Waals surface area contributed by atoms with E-state index >= 15 is 0 Å². The van der Waals surface area contributed by atoms with Gasteiger partial charge in [-0.3, -0.25) is 4.79 Å². The van der Waals surface area contributed by atoms with Crippen molar-refractivity contribution in [1.29, 1.82) is 0 Å². The summed E-state index contributed by atoms with van der Waals surface area (Å²) in [6, 6.07) is 6.41. The molecule has 0 aliphatic heterocycles. The van der Waals surface area contributed by atoms with Crippen molar-refractivity contribution in [3.63, 3.8) is 0 Å². The molecule has 92 valence electrons. The van der Waals surface area contributed by atoms with Crippen LogP contribution in [0, 0.1) is 0 Å². The number of hydrogen-bond acceptors (Lipinski definition) is 3. The molecular weight excluding hydrogens is 214 g/mol. The van der Waals surface area contributed by atoms with E-state index in [0.29, 0.717) is 0 Å². The number of ether oxygens (including phenoxy) is 1. The third kappa shape index (κ3) is 3.07. The summed E-state index contributed by atoms with van der Waals surface area (Å²) in [7, 11) is 1.39. The van der Waals surface area contributed by atoms with Crippen LogP contribution in [0.2, 0.25) is 0 Å². The highest BCUT2D eigenvalue weighted by Gasteiger charge is 2.14. The number of rotatable bonds is 4. The Kier molecular flexibility index (Phi) is 3.79. The summed E-state index contributed by atoms with van der Waals surface area (Å²) in [5, 5.41) is 0. The zero-order valence-electron chi connectivity index (χ0n) is 10.2. The highest BCUT2D eigenvalue weighted by molar-refractivity contribution is 5.69. The van der Waals surface area contributed by atoms with Crippen molar-refractivity contribution < 1.29 is 9.53 Å². The van der Waals surface area contributed by atoms with E-state index in [2.05, 4.69) is 22.9 Å². The summed E-state index contributed by atoms with van der Waals surface area (Å²) in [4.78, 5) is 11.1. The first kappa shape index (κ1) is 12.1. The van der Waals surface area contributed by atoms with Crippen molar-refractivity contribution in [3.05, 3.63) is 34.9 Å². The highest BCUT2D eigenvalue weighted by atomic mass is 16.5. The van der Waals surface area contributed by atoms with Crippen LogP contribution in [0.25, 0.3) is 0 Å². The molecule has 0 fully saturated rings. The van der Waals surface area contributed by atoms with Crippen molar-refractivity contribution >= 4 is 5.97 Å². The Bertz CT molecular complexity index is 415. The van der Waals surface area contributed by atoms with Crippen LogP contribution in [0.5, 0.6) is 0 Å². The molecule has 0 amide bonds. The number of carbonyl (C=O) groups excluding carboxylic acids is 1. The molecule has 1 aromatic carbocycles. The molecule has 0 aromatic heterocycles. The van der Waals surface area contributed by atoms with Gasteiger partial charge in [0.2, 0.25) is 0 Å². The van der Waals surface area contributed by atoms with Crippen LogP contribution in [-0.2, 0) is 28.8 Å². The monoisotopic (exact) mass is 233 g/mol. The molecule has 0 spiro atoms. The zero-order chi connectivity index (χ0) is 12.3. The summed E-state index contributed by atoms with van der Waals surface area (Å²) in [6.45, 7) is 0. The Balaban J connectivity index is 1.97. The number of esters is 1. The minimum Gasteiger partial charge on any atom is -0.469 e. The first-order valence-corrected chi connectivity index (χ1v) is 6.12. The Labute approximate surface area is 102 Å². The summed E-state index contributed by atoms with van der Waals surface area (Å²) < 4.78 is 4.61. The number of hydrogen-bond donors (Lipinski definition) is 1. The quantitative estimate of drug-likeness (QED) is 0.804. The average molecular weight is 233 g/mol. The van der Waals surface area contributed by atoms with Gasteiger partial charge in [-0.2, -0.15) is 0 Å². The number of benzene rings is 1. The summed E-state index contributed by atoms with van der Waals surface area (Å²) in [6.07, 6.45) is 4.65. The minimum atomic E-state index is -0.237. The fraction of sp³-hybridized carbons (Fsp3) is 0.500. The topological polar surface area (TPSA) is 52.3 Å². The second kappa shape index (κ2) is 5.32. The molecule has 1 aromatic rings. The number of carbonyl (C=O) groups is 1. The summed E-state index contributed by atoms with van der Waals surface area (Å²) >= 11 is 0. The van der Waals surface area contributed by atoms with Crippen LogP contribution < -0.4 is 5.73 Å². The lowest BCUT2D eigenvalue weighted by atomic mass is 10.00. The van der Waals surface area contributed by atoms with Crippen LogP contribution in [-0.4, -0.2) is 19.1 Å². The molecular formula is C14H19NO2. The van der Waals surface area contributed by atoms with Gasteiger partial charge in [-0.25, -0.2) is 0 Å². The maximum absolute atomic E-state index is 11.1. The standard InChI is InChI=1S/C14H19NO2/c1-17-14(16)9-13(15)8-10-5-6-11-3-2-4-12(11)7-10/h5-7,13H,2-4,8-9,15H2,1H3. The molecule has 0 radical (unpaired) electrons. The van der Waals surface area contributed by atoms with E-state index in [0.717, 1.165) is 6.42 Å². The lowest BCUT2D eigenvalue weighted by Gasteiger charge is -2.11. The van der Waals surface area contributed by atoms with Gasteiger partial charge in [0.25, 0.3) is 0 Å². The summed E-state index contributed by atoms with van der Waals surface area (Å²) in [5.41, 5.74) is 10.1. The lowest BCUT2D eigenvalue weighted by molar-refractivity contribution is -0.140. The third-order valence-electron chi connectivity index (χ3n) is 3.32. The molecule has 2 N–H and O–H groups in total. The van der Waals surface area contributed by atoms with E-state index in [9.17, 15) is 4.79 Å². The van der Waals surface area contributed by atoms with Gasteiger partial charge in [0.15, 0.2) is 0 Å². The molecule has 0 bridgehead atoms. The molecule has 0 saturated carbocycles. The van der Waals surface area contributed by atoms with Crippen LogP contribution in [0.3, 0.4) is 0 Å². The Hall–Kier alpha value is -1.35. The van der Waals surface area contributed by atoms with Gasteiger partial charge in [0.1, 0.15) is 0 Å². The van der Waals surface area contributed by atoms with Gasteiger partial charge < -0.3 is 10.5 Å². The van der Waals surface area contributed by atoms with Gasteiger partial charge in [-0.15, -0.1) is 0 Å². The molecule has 0 heterocycles. The molecule has 3 heteroatoms. The van der Waals surface area contributed by atoms with E-state index < -0.39 is 0 Å². The van der Waals surface area contributed by atoms with Crippen molar-refractivity contribution in [3.8, 4) is 0 Å². The zero-order valence-corrected chi connectivity index (χ0v) is 10.2. The van der Waals surface area contributed by atoms with Crippen molar-refractivity contribution in [2.75, 3.05) is 7.11 Å². The van der Waals surface area contributed by atoms with Gasteiger partial charge >= 0.3 is 5.97 Å². The van der Waals surface area contributed by atoms with Crippen LogP contribution in [0.1, 0.15) is 29.5 Å². The molecule has 0 saturated heterocycles. The van der Waals surface area contributed by atoms with E-state index in [4.69, 9.17) is 5.73 Å². The number of nitrogens with two attached hydrogens (primary N) is 1. The van der Waals surface area contributed by atoms with Gasteiger partial charge in [-0.05, 0) is 42.4 Å². The van der Waals surface area contributed by atoms with E-state index in [1.165, 1.54) is 43.1 Å². The predicted molar refractivity (Wildman–Crippen MR) is 66.8 cm³/mol. The van der Waals surface area contributed by atoms with Crippen molar-refractivity contribution in [2.45, 2.75) is 38.1 Å². The maximum Gasteiger partial charge on any atom is 0.307 e. The van der Waals surface area contributed by atoms with Crippen LogP contribution in [0.15, 0.2) is 18.2 Å². The van der Waals surface area contributed by atoms with Crippen molar-refractivity contribution in [1.82, 2.24) is 0 Å². The minimum absolute atomic E-state index is 0.151. The summed E-state index contributed by atoms with van der Waals surface area (Å²) in [5.74, 6) is -0.237. The van der Waals surface area contributed by atoms with E-state index in [1.807, 2.05) is 0 Å². The lowest BCUT2D eigenvalue weighted by Crippen LogP contribution is -2.26. The Morgan fingerprint density at radius 3 is 2.94 bits per heavy atom. The second-order valence-corrected chi connectivity index (χ2v) is 4.70. The predicted octanol–water partition coefficient (Wildman–Crippen LogP) is 1.61. The molecule has 2 rings (SSSR count). The maximum atomic E-state index is 11.1. The van der Waals surface area contributed by atoms with Crippen LogP contribution >= 0.6 is 0 Å². The molecule has 1 unspecified atom stereocenters. The van der Waals surface area contributed by atoms with Crippen LogP contribution in [0.4, 0.5) is 0 Å². The van der Waals surface area contributed by atoms with E-state index in [1.54, 1.807) is 0 Å². The highest BCUT2D eigenvalue weighted by Crippen LogP contribution is 2.23. The fourth-order valence-corrected chi connectivity index (χ4v) is 2.42. The molecule has 3 nitrogen and oxygen atoms in total. The average Bonchev–Trinajstić information content (AvgIpc) is 2.75. The normalized spacial score (nSPS) is 15.4. The molecule has 17 heavy (non-hydrogen) atoms. The first-order valence-electron chi connectivity index (χ1n) is 6.12. The molecule has 1 atom stereocenters. The molecule has 1 aliphatic carbocycles. The first-order chi connectivity index (χ1) is 8.19. The third-order valence-corrected chi connectivity index (χ3v) is 3.32. The van der Waals surface area contributed by atoms with Gasteiger partial charge in [0.05, 0.1) is 13.5 Å². The Morgan fingerprint density at radius 1 is 1.41 bits per heavy atom. The largest absolute Gasteiger partial charge is 0.469 e. The SMILES string of the molecule is COC(=O)CC(N)Cc1ccc2c(c1)CCC2. The molecule has 1 aliphatic rings. The van der Waals surface area contributed by atoms with E-state index in [-0.39, 0.29) is 18.4 Å². The number of methoxy groups -OCH3 is 1. The number of fused-ring (bicyclic) bond motifs is 1. The fourth-order valence-electron chi connectivity index (χ4n) is 2.42.